The third-order valence-corrected chi connectivity index (χ3v) is 4.45. The molecular formula is C19H24N2O2S. The van der Waals surface area contributed by atoms with Crippen molar-refractivity contribution in [2.75, 3.05) is 13.2 Å². The predicted molar refractivity (Wildman–Crippen MR) is 97.4 cm³/mol. The molecule has 4 nitrogen and oxygen atoms in total. The molecule has 2 rings (SSSR count). The lowest BCUT2D eigenvalue weighted by atomic mass is 9.96. The summed E-state index contributed by atoms with van der Waals surface area (Å²) < 4.78 is 5.68. The highest BCUT2D eigenvalue weighted by Crippen LogP contribution is 2.19. The van der Waals surface area contributed by atoms with Crippen LogP contribution in [0.4, 0.5) is 0 Å². The van der Waals surface area contributed by atoms with Crippen LogP contribution in [0, 0.1) is 11.3 Å². The van der Waals surface area contributed by atoms with Gasteiger partial charge in [0, 0.05) is 17.6 Å². The number of benzene rings is 1. The number of rotatable bonds is 9. The van der Waals surface area contributed by atoms with Crippen LogP contribution in [0.1, 0.15) is 25.0 Å². The van der Waals surface area contributed by atoms with Gasteiger partial charge in [0.2, 0.25) is 0 Å². The number of nitrogens with one attached hydrogen (secondary N) is 1. The maximum absolute atomic E-state index is 10.2. The predicted octanol–water partition coefficient (Wildman–Crippen LogP) is 3.16. The number of para-hydroxylation sites is 1. The van der Waals surface area contributed by atoms with Gasteiger partial charge in [0.1, 0.15) is 18.5 Å². The summed E-state index contributed by atoms with van der Waals surface area (Å²) in [5.74, 6) is 0.663. The van der Waals surface area contributed by atoms with E-state index in [2.05, 4.69) is 42.1 Å². The second kappa shape index (κ2) is 8.84. The Labute approximate surface area is 147 Å². The molecule has 1 aromatic carbocycles. The fourth-order valence-corrected chi connectivity index (χ4v) is 3.15. The number of nitrogens with zero attached hydrogens (tertiary/aromatic N) is 1. The highest BCUT2D eigenvalue weighted by Gasteiger charge is 2.19. The lowest BCUT2D eigenvalue weighted by Gasteiger charge is -2.27. The maximum Gasteiger partial charge on any atom is 0.123 e. The molecule has 0 saturated carbocycles. The summed E-state index contributed by atoms with van der Waals surface area (Å²) in [6, 6.07) is 11.7. The number of nitriles is 1. The van der Waals surface area contributed by atoms with E-state index in [1.54, 1.807) is 11.3 Å². The summed E-state index contributed by atoms with van der Waals surface area (Å²) >= 11 is 1.70. The molecule has 0 radical (unpaired) electrons. The summed E-state index contributed by atoms with van der Waals surface area (Å²) in [6.45, 7) is 4.91. The van der Waals surface area contributed by atoms with E-state index in [0.717, 1.165) is 12.0 Å². The minimum atomic E-state index is -0.609. The maximum atomic E-state index is 10.2. The molecule has 0 aliphatic heterocycles. The van der Waals surface area contributed by atoms with Gasteiger partial charge in [0.05, 0.1) is 12.5 Å². The van der Waals surface area contributed by atoms with E-state index >= 15 is 0 Å². The van der Waals surface area contributed by atoms with Crippen LogP contribution in [-0.2, 0) is 12.8 Å². The number of hydrogen-bond donors (Lipinski definition) is 2. The Hall–Kier alpha value is -1.87. The van der Waals surface area contributed by atoms with Crippen molar-refractivity contribution in [2.45, 2.75) is 38.3 Å². The number of ether oxygens (including phenoxy) is 1. The molecule has 128 valence electrons. The largest absolute Gasteiger partial charge is 0.491 e. The van der Waals surface area contributed by atoms with Gasteiger partial charge in [0.15, 0.2) is 0 Å². The molecule has 0 spiro atoms. The number of aliphatic hydroxyl groups excluding tert-OH is 1. The first-order valence-corrected chi connectivity index (χ1v) is 8.96. The molecule has 1 atom stereocenters. The van der Waals surface area contributed by atoms with E-state index < -0.39 is 6.10 Å². The second-order valence-electron chi connectivity index (χ2n) is 6.48. The average Bonchev–Trinajstić information content (AvgIpc) is 3.05. The van der Waals surface area contributed by atoms with Gasteiger partial charge in [-0.2, -0.15) is 16.6 Å². The highest BCUT2D eigenvalue weighted by atomic mass is 32.1. The summed E-state index contributed by atoms with van der Waals surface area (Å²) in [4.78, 5) is 0. The molecular weight excluding hydrogens is 320 g/mol. The van der Waals surface area contributed by atoms with Crippen molar-refractivity contribution in [3.05, 3.63) is 52.2 Å². The fraction of sp³-hybridized carbons (Fsp3) is 0.421. The Morgan fingerprint density at radius 3 is 2.83 bits per heavy atom. The third kappa shape index (κ3) is 5.97. The zero-order valence-corrected chi connectivity index (χ0v) is 15.0. The topological polar surface area (TPSA) is 65.3 Å². The first-order chi connectivity index (χ1) is 11.5. The Balaban J connectivity index is 1.79. The van der Waals surface area contributed by atoms with Crippen molar-refractivity contribution in [1.82, 2.24) is 5.32 Å². The van der Waals surface area contributed by atoms with Crippen LogP contribution in [0.3, 0.4) is 0 Å². The first kappa shape index (κ1) is 18.5. The number of hydrogen-bond acceptors (Lipinski definition) is 5. The van der Waals surface area contributed by atoms with E-state index in [1.165, 1.54) is 5.56 Å². The minimum Gasteiger partial charge on any atom is -0.491 e. The molecule has 0 amide bonds. The standard InChI is InChI=1S/C19H24N2O2S/c1-19(2,11-15-8-10-24-14-15)21-12-17(22)13-23-18-6-4-3-5-16(18)7-9-20/h3-6,8,10,14,17,21-22H,7,11-13H2,1-2H3. The van der Waals surface area contributed by atoms with Crippen LogP contribution in [0.2, 0.25) is 0 Å². The lowest BCUT2D eigenvalue weighted by molar-refractivity contribution is 0.0984. The molecule has 0 fully saturated rings. The molecule has 0 bridgehead atoms. The van der Waals surface area contributed by atoms with Crippen LogP contribution < -0.4 is 10.1 Å². The smallest absolute Gasteiger partial charge is 0.123 e. The van der Waals surface area contributed by atoms with Crippen LogP contribution in [0.5, 0.6) is 5.75 Å². The van der Waals surface area contributed by atoms with Gasteiger partial charge < -0.3 is 15.2 Å². The highest BCUT2D eigenvalue weighted by molar-refractivity contribution is 7.07. The van der Waals surface area contributed by atoms with Crippen molar-refractivity contribution >= 4 is 11.3 Å². The quantitative estimate of drug-likeness (QED) is 0.733. The van der Waals surface area contributed by atoms with Gasteiger partial charge in [-0.1, -0.05) is 18.2 Å². The van der Waals surface area contributed by atoms with Crippen LogP contribution in [-0.4, -0.2) is 29.9 Å². The Bertz CT molecular complexity index is 662. The van der Waals surface area contributed by atoms with Gasteiger partial charge in [-0.25, -0.2) is 0 Å². The van der Waals surface area contributed by atoms with Crippen molar-refractivity contribution in [1.29, 1.82) is 5.26 Å². The van der Waals surface area contributed by atoms with Gasteiger partial charge >= 0.3 is 0 Å². The first-order valence-electron chi connectivity index (χ1n) is 8.02. The zero-order valence-electron chi connectivity index (χ0n) is 14.2. The summed E-state index contributed by atoms with van der Waals surface area (Å²) in [5, 5.41) is 26.6. The summed E-state index contributed by atoms with van der Waals surface area (Å²) in [7, 11) is 0. The van der Waals surface area contributed by atoms with Crippen molar-refractivity contribution in [3.8, 4) is 11.8 Å². The number of thiophene rings is 1. The monoisotopic (exact) mass is 344 g/mol. The summed E-state index contributed by atoms with van der Waals surface area (Å²) in [6.07, 6.45) is 0.606. The van der Waals surface area contributed by atoms with Gasteiger partial charge in [0.25, 0.3) is 0 Å². The molecule has 2 N–H and O–H groups in total. The van der Waals surface area contributed by atoms with E-state index in [9.17, 15) is 5.11 Å². The number of β-amino-alcohol motifs (C(OH)–C–C–N with tert-alkyl or cyclic N) is 1. The minimum absolute atomic E-state index is 0.0965. The third-order valence-electron chi connectivity index (χ3n) is 3.72. The van der Waals surface area contributed by atoms with Crippen molar-refractivity contribution in [3.63, 3.8) is 0 Å². The molecule has 1 aromatic heterocycles. The van der Waals surface area contributed by atoms with Gasteiger partial charge in [-0.3, -0.25) is 0 Å². The Kier molecular flexibility index (Phi) is 6.80. The normalized spacial score (nSPS) is 12.6. The van der Waals surface area contributed by atoms with E-state index in [0.29, 0.717) is 18.7 Å². The number of aliphatic hydroxyl groups is 1. The van der Waals surface area contributed by atoms with Gasteiger partial charge in [-0.15, -0.1) is 0 Å². The molecule has 0 aliphatic rings. The summed E-state index contributed by atoms with van der Waals surface area (Å²) in [5.41, 5.74) is 2.05. The van der Waals surface area contributed by atoms with Crippen LogP contribution >= 0.6 is 11.3 Å². The Morgan fingerprint density at radius 1 is 1.33 bits per heavy atom. The fourth-order valence-electron chi connectivity index (χ4n) is 2.48. The molecule has 24 heavy (non-hydrogen) atoms. The average molecular weight is 344 g/mol. The Morgan fingerprint density at radius 2 is 2.12 bits per heavy atom. The van der Waals surface area contributed by atoms with E-state index in [1.807, 2.05) is 24.3 Å². The van der Waals surface area contributed by atoms with Crippen LogP contribution in [0.25, 0.3) is 0 Å². The SMILES string of the molecule is CC(C)(Cc1ccsc1)NCC(O)COc1ccccc1CC#N. The van der Waals surface area contributed by atoms with Crippen molar-refractivity contribution < 1.29 is 9.84 Å². The lowest BCUT2D eigenvalue weighted by Crippen LogP contribution is -2.46. The molecule has 2 aromatic rings. The van der Waals surface area contributed by atoms with Crippen molar-refractivity contribution in [2.24, 2.45) is 0 Å². The molecule has 1 heterocycles. The second-order valence-corrected chi connectivity index (χ2v) is 7.26. The van der Waals surface area contributed by atoms with E-state index in [4.69, 9.17) is 10.00 Å². The van der Waals surface area contributed by atoms with Gasteiger partial charge in [-0.05, 0) is 48.7 Å². The molecule has 0 aliphatic carbocycles. The zero-order chi connectivity index (χ0) is 17.4. The van der Waals surface area contributed by atoms with E-state index in [-0.39, 0.29) is 12.1 Å². The molecule has 1 unspecified atom stereocenters. The molecule has 5 heteroatoms. The molecule has 0 saturated heterocycles. The van der Waals surface area contributed by atoms with Crippen LogP contribution in [0.15, 0.2) is 41.1 Å².